The SMILES string of the molecule is O=C(c1csc(-c2cccnc2)n1)N1CCc2ccccc21. The zero-order valence-electron chi connectivity index (χ0n) is 11.8. The number of rotatable bonds is 2. The van der Waals surface area contributed by atoms with Gasteiger partial charge < -0.3 is 4.90 Å². The first-order valence-electron chi connectivity index (χ1n) is 7.08. The molecule has 1 aliphatic rings. The van der Waals surface area contributed by atoms with E-state index in [1.165, 1.54) is 16.9 Å². The summed E-state index contributed by atoms with van der Waals surface area (Å²) in [4.78, 5) is 23.1. The second-order valence-corrected chi connectivity index (χ2v) is 5.97. The van der Waals surface area contributed by atoms with Gasteiger partial charge in [-0.3, -0.25) is 9.78 Å². The van der Waals surface area contributed by atoms with Crippen molar-refractivity contribution in [2.75, 3.05) is 11.4 Å². The Morgan fingerprint density at radius 1 is 1.18 bits per heavy atom. The number of aromatic nitrogens is 2. The molecule has 22 heavy (non-hydrogen) atoms. The van der Waals surface area contributed by atoms with Crippen LogP contribution in [0.3, 0.4) is 0 Å². The van der Waals surface area contributed by atoms with Crippen LogP contribution in [0.15, 0.2) is 54.2 Å². The molecule has 1 aromatic carbocycles. The molecule has 3 heterocycles. The van der Waals surface area contributed by atoms with Gasteiger partial charge in [-0.05, 0) is 30.2 Å². The molecule has 2 aromatic heterocycles. The van der Waals surface area contributed by atoms with Gasteiger partial charge in [0.1, 0.15) is 10.7 Å². The van der Waals surface area contributed by atoms with Crippen molar-refractivity contribution in [2.24, 2.45) is 0 Å². The maximum absolute atomic E-state index is 12.7. The number of pyridine rings is 1. The lowest BCUT2D eigenvalue weighted by atomic mass is 10.2. The van der Waals surface area contributed by atoms with Gasteiger partial charge in [0.2, 0.25) is 0 Å². The van der Waals surface area contributed by atoms with Crippen LogP contribution in [0.2, 0.25) is 0 Å². The smallest absolute Gasteiger partial charge is 0.277 e. The van der Waals surface area contributed by atoms with Crippen LogP contribution in [-0.2, 0) is 6.42 Å². The van der Waals surface area contributed by atoms with Gasteiger partial charge in [0.25, 0.3) is 5.91 Å². The van der Waals surface area contributed by atoms with Gasteiger partial charge in [0.15, 0.2) is 0 Å². The number of thiazole rings is 1. The summed E-state index contributed by atoms with van der Waals surface area (Å²) in [6, 6.07) is 11.9. The van der Waals surface area contributed by atoms with E-state index in [2.05, 4.69) is 16.0 Å². The molecule has 5 heteroatoms. The number of hydrogen-bond acceptors (Lipinski definition) is 4. The zero-order valence-corrected chi connectivity index (χ0v) is 12.6. The third-order valence-corrected chi connectivity index (χ3v) is 4.66. The van der Waals surface area contributed by atoms with Crippen molar-refractivity contribution in [3.05, 3.63) is 65.4 Å². The van der Waals surface area contributed by atoms with Gasteiger partial charge in [0, 0.05) is 35.6 Å². The third kappa shape index (κ3) is 2.19. The summed E-state index contributed by atoms with van der Waals surface area (Å²) >= 11 is 1.47. The van der Waals surface area contributed by atoms with Gasteiger partial charge in [-0.15, -0.1) is 11.3 Å². The van der Waals surface area contributed by atoms with E-state index in [1.54, 1.807) is 12.4 Å². The fraction of sp³-hybridized carbons (Fsp3) is 0.118. The molecule has 0 fully saturated rings. The van der Waals surface area contributed by atoms with Crippen LogP contribution in [-0.4, -0.2) is 22.4 Å². The van der Waals surface area contributed by atoms with E-state index in [0.29, 0.717) is 5.69 Å². The fourth-order valence-corrected chi connectivity index (χ4v) is 3.47. The van der Waals surface area contributed by atoms with Gasteiger partial charge in [-0.2, -0.15) is 0 Å². The molecule has 108 valence electrons. The highest BCUT2D eigenvalue weighted by atomic mass is 32.1. The number of hydrogen-bond donors (Lipinski definition) is 0. The first-order chi connectivity index (χ1) is 10.8. The normalized spacial score (nSPS) is 13.2. The lowest BCUT2D eigenvalue weighted by Crippen LogP contribution is -2.29. The molecule has 4 nitrogen and oxygen atoms in total. The van der Waals surface area contributed by atoms with Gasteiger partial charge in [0.05, 0.1) is 0 Å². The quantitative estimate of drug-likeness (QED) is 0.729. The maximum Gasteiger partial charge on any atom is 0.277 e. The zero-order chi connectivity index (χ0) is 14.9. The van der Waals surface area contributed by atoms with Crippen molar-refractivity contribution >= 4 is 22.9 Å². The molecule has 0 radical (unpaired) electrons. The van der Waals surface area contributed by atoms with Crippen LogP contribution in [0.5, 0.6) is 0 Å². The van der Waals surface area contributed by atoms with Crippen molar-refractivity contribution < 1.29 is 4.79 Å². The van der Waals surface area contributed by atoms with Crippen molar-refractivity contribution in [2.45, 2.75) is 6.42 Å². The molecule has 1 amide bonds. The first kappa shape index (κ1) is 13.2. The maximum atomic E-state index is 12.7. The Morgan fingerprint density at radius 2 is 2.09 bits per heavy atom. The van der Waals surface area contributed by atoms with Crippen LogP contribution in [0.25, 0.3) is 10.6 Å². The topological polar surface area (TPSA) is 46.1 Å². The van der Waals surface area contributed by atoms with Crippen molar-refractivity contribution in [1.29, 1.82) is 0 Å². The standard InChI is InChI=1S/C17H13N3OS/c21-17(20-9-7-12-4-1-2-6-15(12)20)14-11-22-16(19-14)13-5-3-8-18-10-13/h1-6,8,10-11H,7,9H2. The molecule has 4 rings (SSSR count). The molecule has 0 saturated carbocycles. The second-order valence-electron chi connectivity index (χ2n) is 5.12. The molecular weight excluding hydrogens is 294 g/mol. The van der Waals surface area contributed by atoms with Crippen molar-refractivity contribution in [3.8, 4) is 10.6 Å². The number of carbonyl (C=O) groups is 1. The minimum absolute atomic E-state index is 0.0312. The van der Waals surface area contributed by atoms with E-state index in [0.717, 1.165) is 29.2 Å². The average molecular weight is 307 g/mol. The van der Waals surface area contributed by atoms with Crippen molar-refractivity contribution in [1.82, 2.24) is 9.97 Å². The summed E-state index contributed by atoms with van der Waals surface area (Å²) in [5.74, 6) is -0.0312. The molecule has 0 saturated heterocycles. The first-order valence-corrected chi connectivity index (χ1v) is 7.96. The highest BCUT2D eigenvalue weighted by Gasteiger charge is 2.26. The molecule has 0 bridgehead atoms. The van der Waals surface area contributed by atoms with Crippen LogP contribution >= 0.6 is 11.3 Å². The Balaban J connectivity index is 1.64. The summed E-state index contributed by atoms with van der Waals surface area (Å²) in [5.41, 5.74) is 3.66. The predicted octanol–water partition coefficient (Wildman–Crippen LogP) is 3.41. The Bertz CT molecular complexity index is 829. The summed E-state index contributed by atoms with van der Waals surface area (Å²) < 4.78 is 0. The lowest BCUT2D eigenvalue weighted by molar-refractivity contribution is 0.0985. The predicted molar refractivity (Wildman–Crippen MR) is 87.2 cm³/mol. The number of anilines is 1. The summed E-state index contributed by atoms with van der Waals surface area (Å²) in [5, 5.41) is 2.65. The largest absolute Gasteiger partial charge is 0.306 e. The van der Waals surface area contributed by atoms with Crippen LogP contribution in [0, 0.1) is 0 Å². The molecule has 0 spiro atoms. The lowest BCUT2D eigenvalue weighted by Gasteiger charge is -2.15. The van der Waals surface area contributed by atoms with Crippen molar-refractivity contribution in [3.63, 3.8) is 0 Å². The minimum atomic E-state index is -0.0312. The fourth-order valence-electron chi connectivity index (χ4n) is 2.68. The van der Waals surface area contributed by atoms with E-state index in [4.69, 9.17) is 0 Å². The molecule has 0 unspecified atom stereocenters. The van der Waals surface area contributed by atoms with Crippen LogP contribution in [0.1, 0.15) is 16.1 Å². The van der Waals surface area contributed by atoms with E-state index in [9.17, 15) is 4.79 Å². The van der Waals surface area contributed by atoms with Crippen LogP contribution < -0.4 is 4.90 Å². The summed E-state index contributed by atoms with van der Waals surface area (Å²) in [6.07, 6.45) is 4.39. The van der Waals surface area contributed by atoms with Gasteiger partial charge >= 0.3 is 0 Å². The van der Waals surface area contributed by atoms with E-state index in [-0.39, 0.29) is 5.91 Å². The van der Waals surface area contributed by atoms with E-state index in [1.807, 2.05) is 40.6 Å². The Morgan fingerprint density at radius 3 is 2.95 bits per heavy atom. The monoisotopic (exact) mass is 307 g/mol. The Labute approximate surface area is 132 Å². The highest BCUT2D eigenvalue weighted by Crippen LogP contribution is 2.30. The Kier molecular flexibility index (Phi) is 3.20. The summed E-state index contributed by atoms with van der Waals surface area (Å²) in [6.45, 7) is 0.720. The molecular formula is C17H13N3OS. The third-order valence-electron chi connectivity index (χ3n) is 3.76. The molecule has 3 aromatic rings. The van der Waals surface area contributed by atoms with Crippen LogP contribution in [0.4, 0.5) is 5.69 Å². The second kappa shape index (κ2) is 5.35. The molecule has 0 atom stereocenters. The van der Waals surface area contributed by atoms with E-state index >= 15 is 0 Å². The van der Waals surface area contributed by atoms with E-state index < -0.39 is 0 Å². The molecule has 1 aliphatic heterocycles. The van der Waals surface area contributed by atoms with Gasteiger partial charge in [-0.25, -0.2) is 4.98 Å². The molecule has 0 aliphatic carbocycles. The minimum Gasteiger partial charge on any atom is -0.306 e. The molecule has 0 N–H and O–H groups in total. The number of fused-ring (bicyclic) bond motifs is 1. The average Bonchev–Trinajstić information content (AvgIpc) is 3.22. The number of amides is 1. The highest BCUT2D eigenvalue weighted by molar-refractivity contribution is 7.13. The van der Waals surface area contributed by atoms with Gasteiger partial charge in [-0.1, -0.05) is 18.2 Å². The summed E-state index contributed by atoms with van der Waals surface area (Å²) in [7, 11) is 0. The number of nitrogens with zero attached hydrogens (tertiary/aromatic N) is 3. The Hall–Kier alpha value is -2.53. The number of para-hydroxylation sites is 1. The number of benzene rings is 1. The number of carbonyl (C=O) groups excluding carboxylic acids is 1.